The molecule has 0 spiro atoms. The van der Waals surface area contributed by atoms with Crippen molar-refractivity contribution in [3.63, 3.8) is 0 Å². The van der Waals surface area contributed by atoms with Gasteiger partial charge in [0.2, 0.25) is 0 Å². The summed E-state index contributed by atoms with van der Waals surface area (Å²) in [5, 5.41) is 0. The zero-order valence-corrected chi connectivity index (χ0v) is 11.5. The average Bonchev–Trinajstić information content (AvgIpc) is 2.43. The van der Waals surface area contributed by atoms with E-state index >= 15 is 0 Å². The first kappa shape index (κ1) is 14.9. The molecule has 0 bridgehead atoms. The van der Waals surface area contributed by atoms with Gasteiger partial charge in [0.15, 0.2) is 0 Å². The molecule has 0 unspecified atom stereocenters. The van der Waals surface area contributed by atoms with Crippen LogP contribution in [0.4, 0.5) is 0 Å². The van der Waals surface area contributed by atoms with Crippen molar-refractivity contribution in [3.8, 4) is 0 Å². The summed E-state index contributed by atoms with van der Waals surface area (Å²) >= 11 is 7.61. The summed E-state index contributed by atoms with van der Waals surface area (Å²) in [5.41, 5.74) is 1.74. The van der Waals surface area contributed by atoms with Crippen molar-refractivity contribution in [3.05, 3.63) is 35.4 Å². The molecule has 1 rings (SSSR count). The second-order valence-electron chi connectivity index (χ2n) is 3.45. The third-order valence-electron chi connectivity index (χ3n) is 2.08. The van der Waals surface area contributed by atoms with E-state index < -0.39 is 0 Å². The minimum atomic E-state index is -0.356. The van der Waals surface area contributed by atoms with Crippen LogP contribution in [-0.2, 0) is 32.3 Å². The first-order valence-electron chi connectivity index (χ1n) is 5.26. The van der Waals surface area contributed by atoms with Gasteiger partial charge in [0.05, 0.1) is 11.5 Å². The van der Waals surface area contributed by atoms with Crippen LogP contribution in [0.2, 0.25) is 0 Å². The molecule has 1 aromatic carbocycles. The fourth-order valence-corrected chi connectivity index (χ4v) is 1.33. The van der Waals surface area contributed by atoms with E-state index in [4.69, 9.17) is 9.47 Å². The van der Waals surface area contributed by atoms with Gasteiger partial charge in [-0.1, -0.05) is 24.3 Å². The standard InChI is InChI=1S/C12H14O4S2/c13-11(7-17)15-5-9-1-2-10(4-3-9)6-16-12(14)8-18/h1-4,17-18H,5-8H2. The Bertz CT molecular complexity index is 364. The molecule has 0 heterocycles. The summed E-state index contributed by atoms with van der Waals surface area (Å²) in [5.74, 6) is -0.578. The molecule has 18 heavy (non-hydrogen) atoms. The van der Waals surface area contributed by atoms with Crippen molar-refractivity contribution in [1.82, 2.24) is 0 Å². The zero-order chi connectivity index (χ0) is 13.4. The molecule has 0 aliphatic rings. The molecule has 0 fully saturated rings. The topological polar surface area (TPSA) is 52.6 Å². The van der Waals surface area contributed by atoms with Crippen molar-refractivity contribution in [2.75, 3.05) is 11.5 Å². The van der Waals surface area contributed by atoms with Crippen LogP contribution < -0.4 is 0 Å². The number of carbonyl (C=O) groups excluding carboxylic acids is 2. The highest BCUT2D eigenvalue weighted by Gasteiger charge is 2.02. The first-order chi connectivity index (χ1) is 8.65. The van der Waals surface area contributed by atoms with E-state index in [2.05, 4.69) is 25.3 Å². The molecule has 0 aromatic heterocycles. The van der Waals surface area contributed by atoms with Gasteiger partial charge in [0.1, 0.15) is 13.2 Å². The normalized spacial score (nSPS) is 9.89. The van der Waals surface area contributed by atoms with Crippen LogP contribution in [0.3, 0.4) is 0 Å². The van der Waals surface area contributed by atoms with E-state index in [-0.39, 0.29) is 36.7 Å². The summed E-state index contributed by atoms with van der Waals surface area (Å²) in [4.78, 5) is 21.8. The van der Waals surface area contributed by atoms with Gasteiger partial charge in [0.25, 0.3) is 0 Å². The van der Waals surface area contributed by atoms with Crippen LogP contribution in [0, 0.1) is 0 Å². The van der Waals surface area contributed by atoms with Gasteiger partial charge in [-0.3, -0.25) is 9.59 Å². The van der Waals surface area contributed by atoms with Crippen molar-refractivity contribution < 1.29 is 19.1 Å². The van der Waals surface area contributed by atoms with E-state index in [0.29, 0.717) is 0 Å². The number of hydrogen-bond donors (Lipinski definition) is 2. The van der Waals surface area contributed by atoms with Crippen LogP contribution in [0.5, 0.6) is 0 Å². The Labute approximate surface area is 116 Å². The van der Waals surface area contributed by atoms with Gasteiger partial charge in [-0.15, -0.1) is 0 Å². The maximum Gasteiger partial charge on any atom is 0.315 e. The Morgan fingerprint density at radius 3 is 1.44 bits per heavy atom. The Morgan fingerprint density at radius 1 is 0.833 bits per heavy atom. The van der Waals surface area contributed by atoms with E-state index in [9.17, 15) is 9.59 Å². The number of rotatable bonds is 6. The number of carbonyl (C=O) groups is 2. The molecule has 0 radical (unpaired) electrons. The van der Waals surface area contributed by atoms with E-state index in [1.807, 2.05) is 24.3 Å². The summed E-state index contributed by atoms with van der Waals surface area (Å²) in [7, 11) is 0. The van der Waals surface area contributed by atoms with Gasteiger partial charge in [0, 0.05) is 0 Å². The quantitative estimate of drug-likeness (QED) is 0.616. The van der Waals surface area contributed by atoms with Crippen molar-refractivity contribution in [1.29, 1.82) is 0 Å². The molecule has 0 saturated carbocycles. The fraction of sp³-hybridized carbons (Fsp3) is 0.333. The van der Waals surface area contributed by atoms with Gasteiger partial charge in [-0.2, -0.15) is 25.3 Å². The molecule has 0 amide bonds. The average molecular weight is 286 g/mol. The lowest BCUT2D eigenvalue weighted by Crippen LogP contribution is -2.06. The smallest absolute Gasteiger partial charge is 0.315 e. The molecule has 0 aliphatic carbocycles. The predicted molar refractivity (Wildman–Crippen MR) is 73.7 cm³/mol. The van der Waals surface area contributed by atoms with Gasteiger partial charge in [-0.25, -0.2) is 0 Å². The van der Waals surface area contributed by atoms with Crippen molar-refractivity contribution in [2.45, 2.75) is 13.2 Å². The minimum absolute atomic E-state index is 0.0672. The summed E-state index contributed by atoms with van der Waals surface area (Å²) in [6.45, 7) is 0.437. The second-order valence-corrected chi connectivity index (χ2v) is 4.09. The summed E-state index contributed by atoms with van der Waals surface area (Å²) in [6.07, 6.45) is 0. The Balaban J connectivity index is 2.42. The van der Waals surface area contributed by atoms with E-state index in [1.165, 1.54) is 0 Å². The zero-order valence-electron chi connectivity index (χ0n) is 9.67. The molecule has 1 aromatic rings. The third kappa shape index (κ3) is 5.46. The van der Waals surface area contributed by atoms with Crippen LogP contribution in [-0.4, -0.2) is 23.4 Å². The number of ether oxygens (including phenoxy) is 2. The molecule has 6 heteroatoms. The first-order valence-corrected chi connectivity index (χ1v) is 6.53. The summed E-state index contributed by atoms with van der Waals surface area (Å²) < 4.78 is 9.84. The molecule has 0 aliphatic heterocycles. The highest BCUT2D eigenvalue weighted by molar-refractivity contribution is 7.81. The highest BCUT2D eigenvalue weighted by atomic mass is 32.1. The lowest BCUT2D eigenvalue weighted by molar-refractivity contribution is -0.142. The minimum Gasteiger partial charge on any atom is -0.460 e. The summed E-state index contributed by atoms with van der Waals surface area (Å²) in [6, 6.07) is 7.26. The number of thiol groups is 2. The Morgan fingerprint density at radius 2 is 1.17 bits per heavy atom. The molecular weight excluding hydrogens is 272 g/mol. The fourth-order valence-electron chi connectivity index (χ4n) is 1.15. The van der Waals surface area contributed by atoms with Gasteiger partial charge < -0.3 is 9.47 Å². The maximum atomic E-state index is 10.9. The van der Waals surface area contributed by atoms with Crippen molar-refractivity contribution >= 4 is 37.2 Å². The van der Waals surface area contributed by atoms with Crippen LogP contribution >= 0.6 is 25.3 Å². The van der Waals surface area contributed by atoms with Crippen molar-refractivity contribution in [2.24, 2.45) is 0 Å². The monoisotopic (exact) mass is 286 g/mol. The predicted octanol–water partition coefficient (Wildman–Crippen LogP) is 1.63. The molecular formula is C12H14O4S2. The number of hydrogen-bond acceptors (Lipinski definition) is 6. The molecule has 0 saturated heterocycles. The Hall–Kier alpha value is -1.14. The number of benzene rings is 1. The van der Waals surface area contributed by atoms with Crippen LogP contribution in [0.15, 0.2) is 24.3 Å². The molecule has 4 nitrogen and oxygen atoms in total. The third-order valence-corrected chi connectivity index (χ3v) is 2.60. The molecule has 98 valence electrons. The SMILES string of the molecule is O=C(CS)OCc1ccc(COC(=O)CS)cc1. The van der Waals surface area contributed by atoms with E-state index in [0.717, 1.165) is 11.1 Å². The lowest BCUT2D eigenvalue weighted by atomic mass is 10.1. The van der Waals surface area contributed by atoms with Crippen LogP contribution in [0.1, 0.15) is 11.1 Å². The second kappa shape index (κ2) is 8.05. The highest BCUT2D eigenvalue weighted by Crippen LogP contribution is 2.07. The number of esters is 2. The van der Waals surface area contributed by atoms with E-state index in [1.54, 1.807) is 0 Å². The van der Waals surface area contributed by atoms with Gasteiger partial charge in [-0.05, 0) is 11.1 Å². The lowest BCUT2D eigenvalue weighted by Gasteiger charge is -2.06. The molecule has 0 atom stereocenters. The largest absolute Gasteiger partial charge is 0.460 e. The molecule has 0 N–H and O–H groups in total. The van der Waals surface area contributed by atoms with Gasteiger partial charge >= 0.3 is 11.9 Å². The van der Waals surface area contributed by atoms with Crippen LogP contribution in [0.25, 0.3) is 0 Å². The maximum absolute atomic E-state index is 10.9. The Kier molecular flexibility index (Phi) is 6.67.